The Kier molecular flexibility index (Phi) is 3.72. The third-order valence-electron chi connectivity index (χ3n) is 2.52. The minimum atomic E-state index is 0.165. The molecule has 0 radical (unpaired) electrons. The van der Waals surface area contributed by atoms with E-state index in [4.69, 9.17) is 11.6 Å². The van der Waals surface area contributed by atoms with Crippen molar-refractivity contribution in [3.8, 4) is 11.5 Å². The molecule has 0 aromatic carbocycles. The lowest BCUT2D eigenvalue weighted by atomic mass is 10.2. The average molecular weight is 265 g/mol. The van der Waals surface area contributed by atoms with Gasteiger partial charge in [-0.25, -0.2) is 15.0 Å². The van der Waals surface area contributed by atoms with Crippen molar-refractivity contribution < 1.29 is 4.79 Å². The van der Waals surface area contributed by atoms with E-state index in [1.165, 1.54) is 0 Å². The molecule has 2 rings (SSSR count). The van der Waals surface area contributed by atoms with E-state index in [2.05, 4.69) is 21.9 Å². The highest BCUT2D eigenvalue weighted by molar-refractivity contribution is 6.32. The number of imidazole rings is 1. The highest BCUT2D eigenvalue weighted by Gasteiger charge is 2.16. The van der Waals surface area contributed by atoms with Gasteiger partial charge in [0, 0.05) is 18.9 Å². The van der Waals surface area contributed by atoms with Crippen LogP contribution in [0.2, 0.25) is 5.15 Å². The second-order valence-electron chi connectivity index (χ2n) is 3.89. The van der Waals surface area contributed by atoms with Crippen LogP contribution in [-0.4, -0.2) is 25.8 Å². The van der Waals surface area contributed by atoms with E-state index in [0.29, 0.717) is 23.6 Å². The van der Waals surface area contributed by atoms with Crippen molar-refractivity contribution in [2.75, 3.05) is 0 Å². The molecule has 6 heteroatoms. The number of halogens is 1. The highest BCUT2D eigenvalue weighted by atomic mass is 35.5. The summed E-state index contributed by atoms with van der Waals surface area (Å²) in [4.78, 5) is 23.6. The SMILES string of the molecule is CCCn1ccnc1-c1nc(C)nc(Cl)c1C=O. The van der Waals surface area contributed by atoms with Gasteiger partial charge in [0.2, 0.25) is 0 Å². The van der Waals surface area contributed by atoms with E-state index >= 15 is 0 Å². The first kappa shape index (κ1) is 12.7. The second-order valence-corrected chi connectivity index (χ2v) is 4.24. The fourth-order valence-electron chi connectivity index (χ4n) is 1.77. The van der Waals surface area contributed by atoms with E-state index in [1.807, 2.05) is 10.8 Å². The first-order valence-electron chi connectivity index (χ1n) is 5.68. The maximum Gasteiger partial charge on any atom is 0.159 e. The third-order valence-corrected chi connectivity index (χ3v) is 2.81. The molecular weight excluding hydrogens is 252 g/mol. The Balaban J connectivity index is 2.62. The van der Waals surface area contributed by atoms with Crippen molar-refractivity contribution in [3.05, 3.63) is 28.9 Å². The molecule has 5 nitrogen and oxygen atoms in total. The fraction of sp³-hybridized carbons (Fsp3) is 0.333. The Morgan fingerprint density at radius 1 is 1.44 bits per heavy atom. The van der Waals surface area contributed by atoms with Gasteiger partial charge in [0.15, 0.2) is 12.1 Å². The molecule has 2 heterocycles. The van der Waals surface area contributed by atoms with Gasteiger partial charge in [0.05, 0.1) is 5.56 Å². The van der Waals surface area contributed by atoms with E-state index < -0.39 is 0 Å². The standard InChI is InChI=1S/C12H13ClN4O/c1-3-5-17-6-4-14-12(17)10-9(7-18)11(13)16-8(2)15-10/h4,6-7H,3,5H2,1-2H3. The van der Waals surface area contributed by atoms with Crippen LogP contribution in [-0.2, 0) is 6.54 Å². The molecule has 0 N–H and O–H groups in total. The summed E-state index contributed by atoms with van der Waals surface area (Å²) in [5, 5.41) is 0.165. The van der Waals surface area contributed by atoms with Crippen LogP contribution < -0.4 is 0 Å². The molecule has 0 amide bonds. The van der Waals surface area contributed by atoms with Crippen molar-refractivity contribution in [2.45, 2.75) is 26.8 Å². The van der Waals surface area contributed by atoms with Crippen LogP contribution in [0.3, 0.4) is 0 Å². The normalized spacial score (nSPS) is 10.6. The largest absolute Gasteiger partial charge is 0.330 e. The van der Waals surface area contributed by atoms with Crippen molar-refractivity contribution >= 4 is 17.9 Å². The van der Waals surface area contributed by atoms with Gasteiger partial charge in [-0.05, 0) is 13.3 Å². The van der Waals surface area contributed by atoms with Gasteiger partial charge >= 0.3 is 0 Å². The summed E-state index contributed by atoms with van der Waals surface area (Å²) in [6.45, 7) is 4.62. The maximum absolute atomic E-state index is 11.1. The molecule has 0 saturated heterocycles. The van der Waals surface area contributed by atoms with Gasteiger partial charge in [-0.3, -0.25) is 4.79 Å². The molecular formula is C12H13ClN4O. The number of hydrogen-bond acceptors (Lipinski definition) is 4. The number of carbonyl (C=O) groups is 1. The lowest BCUT2D eigenvalue weighted by Gasteiger charge is -2.09. The van der Waals surface area contributed by atoms with E-state index in [1.54, 1.807) is 13.1 Å². The second kappa shape index (κ2) is 5.27. The molecule has 0 aliphatic rings. The summed E-state index contributed by atoms with van der Waals surface area (Å²) in [6, 6.07) is 0. The van der Waals surface area contributed by atoms with Gasteiger partial charge in [-0.1, -0.05) is 18.5 Å². The van der Waals surface area contributed by atoms with Crippen molar-refractivity contribution in [2.24, 2.45) is 0 Å². The molecule has 2 aromatic heterocycles. The smallest absolute Gasteiger partial charge is 0.159 e. The zero-order valence-corrected chi connectivity index (χ0v) is 11.0. The lowest BCUT2D eigenvalue weighted by Crippen LogP contribution is -2.05. The van der Waals surface area contributed by atoms with Gasteiger partial charge < -0.3 is 4.57 Å². The van der Waals surface area contributed by atoms with Crippen molar-refractivity contribution in [1.29, 1.82) is 0 Å². The Morgan fingerprint density at radius 2 is 2.22 bits per heavy atom. The molecule has 0 saturated carbocycles. The van der Waals surface area contributed by atoms with Crippen LogP contribution in [0.5, 0.6) is 0 Å². The number of rotatable bonds is 4. The first-order chi connectivity index (χ1) is 8.67. The molecule has 0 atom stereocenters. The van der Waals surface area contributed by atoms with Crippen LogP contribution in [0.1, 0.15) is 29.5 Å². The predicted octanol–water partition coefficient (Wildman–Crippen LogP) is 2.52. The number of aldehydes is 1. The van der Waals surface area contributed by atoms with Crippen LogP contribution in [0, 0.1) is 6.92 Å². The summed E-state index contributed by atoms with van der Waals surface area (Å²) in [5.74, 6) is 1.16. The number of nitrogens with zero attached hydrogens (tertiary/aromatic N) is 4. The minimum absolute atomic E-state index is 0.165. The monoisotopic (exact) mass is 264 g/mol. The molecule has 0 unspecified atom stereocenters. The van der Waals surface area contributed by atoms with E-state index in [0.717, 1.165) is 13.0 Å². The summed E-state index contributed by atoms with van der Waals surface area (Å²) >= 11 is 5.96. The molecule has 94 valence electrons. The topological polar surface area (TPSA) is 60.7 Å². The Hall–Kier alpha value is -1.75. The van der Waals surface area contributed by atoms with Gasteiger partial charge in [0.25, 0.3) is 0 Å². The predicted molar refractivity (Wildman–Crippen MR) is 68.7 cm³/mol. The Bertz CT molecular complexity index is 579. The van der Waals surface area contributed by atoms with Crippen molar-refractivity contribution in [3.63, 3.8) is 0 Å². The van der Waals surface area contributed by atoms with Gasteiger partial charge in [-0.15, -0.1) is 0 Å². The number of aryl methyl sites for hydroxylation is 2. The molecule has 0 aliphatic carbocycles. The zero-order valence-electron chi connectivity index (χ0n) is 10.2. The molecule has 0 aliphatic heterocycles. The number of hydrogen-bond donors (Lipinski definition) is 0. The van der Waals surface area contributed by atoms with E-state index in [9.17, 15) is 4.79 Å². The zero-order chi connectivity index (χ0) is 13.1. The summed E-state index contributed by atoms with van der Waals surface area (Å²) in [7, 11) is 0. The summed E-state index contributed by atoms with van der Waals surface area (Å²) in [5.41, 5.74) is 0.770. The third kappa shape index (κ3) is 2.26. The summed E-state index contributed by atoms with van der Waals surface area (Å²) in [6.07, 6.45) is 5.18. The van der Waals surface area contributed by atoms with Gasteiger partial charge in [-0.2, -0.15) is 0 Å². The minimum Gasteiger partial charge on any atom is -0.330 e. The molecule has 18 heavy (non-hydrogen) atoms. The van der Waals surface area contributed by atoms with Crippen LogP contribution in [0.15, 0.2) is 12.4 Å². The maximum atomic E-state index is 11.1. The Labute approximate surface area is 110 Å². The first-order valence-corrected chi connectivity index (χ1v) is 6.06. The highest BCUT2D eigenvalue weighted by Crippen LogP contribution is 2.24. The molecule has 0 fully saturated rings. The molecule has 0 spiro atoms. The van der Waals surface area contributed by atoms with Crippen LogP contribution in [0.4, 0.5) is 0 Å². The quantitative estimate of drug-likeness (QED) is 0.629. The number of aromatic nitrogens is 4. The fourth-order valence-corrected chi connectivity index (χ4v) is 2.03. The molecule has 0 bridgehead atoms. The Morgan fingerprint density at radius 3 is 2.89 bits per heavy atom. The number of carbonyl (C=O) groups excluding carboxylic acids is 1. The van der Waals surface area contributed by atoms with Crippen molar-refractivity contribution in [1.82, 2.24) is 19.5 Å². The van der Waals surface area contributed by atoms with Crippen LogP contribution in [0.25, 0.3) is 11.5 Å². The summed E-state index contributed by atoms with van der Waals surface area (Å²) < 4.78 is 1.95. The van der Waals surface area contributed by atoms with Crippen LogP contribution >= 0.6 is 11.6 Å². The van der Waals surface area contributed by atoms with E-state index in [-0.39, 0.29) is 10.7 Å². The average Bonchev–Trinajstić information content (AvgIpc) is 2.76. The molecule has 2 aromatic rings. The lowest BCUT2D eigenvalue weighted by molar-refractivity contribution is 0.112. The van der Waals surface area contributed by atoms with Gasteiger partial charge in [0.1, 0.15) is 16.7 Å².